The third kappa shape index (κ3) is 1.81. The van der Waals surface area contributed by atoms with Crippen LogP contribution in [0.1, 0.15) is 43.0 Å². The fraction of sp³-hybridized carbons (Fsp3) is 0.368. The van der Waals surface area contributed by atoms with Crippen LogP contribution in [-0.2, 0) is 11.8 Å². The summed E-state index contributed by atoms with van der Waals surface area (Å²) in [4.78, 5) is 0. The van der Waals surface area contributed by atoms with Crippen molar-refractivity contribution in [3.8, 4) is 0 Å². The van der Waals surface area contributed by atoms with E-state index >= 15 is 0 Å². The molecule has 2 aliphatic rings. The first-order valence-corrected chi connectivity index (χ1v) is 7.72. The Morgan fingerprint density at radius 2 is 1.95 bits per heavy atom. The van der Waals surface area contributed by atoms with Gasteiger partial charge >= 0.3 is 0 Å². The van der Waals surface area contributed by atoms with E-state index in [0.29, 0.717) is 12.0 Å². The Kier molecular flexibility index (Phi) is 2.66. The van der Waals surface area contributed by atoms with Crippen molar-refractivity contribution < 1.29 is 4.39 Å². The highest BCUT2D eigenvalue weighted by molar-refractivity contribution is 5.60. The first-order valence-electron chi connectivity index (χ1n) is 7.72. The van der Waals surface area contributed by atoms with Crippen LogP contribution in [0.25, 0.3) is 0 Å². The second kappa shape index (κ2) is 4.33. The van der Waals surface area contributed by atoms with Gasteiger partial charge in [0.1, 0.15) is 5.82 Å². The number of benzene rings is 2. The predicted molar refractivity (Wildman–Crippen MR) is 84.0 cm³/mol. The summed E-state index contributed by atoms with van der Waals surface area (Å²) >= 11 is 0. The van der Waals surface area contributed by atoms with E-state index < -0.39 is 0 Å². The van der Waals surface area contributed by atoms with E-state index in [1.165, 1.54) is 11.1 Å². The molecule has 0 fully saturated rings. The van der Waals surface area contributed by atoms with Gasteiger partial charge in [0.15, 0.2) is 0 Å². The van der Waals surface area contributed by atoms with Crippen LogP contribution in [0.5, 0.6) is 0 Å². The van der Waals surface area contributed by atoms with Crippen molar-refractivity contribution in [1.82, 2.24) is 0 Å². The van der Waals surface area contributed by atoms with E-state index in [-0.39, 0.29) is 11.2 Å². The van der Waals surface area contributed by atoms with Gasteiger partial charge in [-0.15, -0.1) is 0 Å². The van der Waals surface area contributed by atoms with Crippen LogP contribution in [0.3, 0.4) is 0 Å². The molecule has 0 saturated heterocycles. The lowest BCUT2D eigenvalue weighted by Crippen LogP contribution is -2.43. The minimum Gasteiger partial charge on any atom is -0.378 e. The molecule has 21 heavy (non-hydrogen) atoms. The number of fused-ring (bicyclic) bond motifs is 4. The van der Waals surface area contributed by atoms with E-state index in [0.717, 1.165) is 24.1 Å². The van der Waals surface area contributed by atoms with Crippen molar-refractivity contribution in [2.75, 3.05) is 5.32 Å². The molecule has 1 N–H and O–H groups in total. The number of nitrogens with one attached hydrogen (secondary N) is 1. The van der Waals surface area contributed by atoms with Crippen LogP contribution < -0.4 is 5.32 Å². The average Bonchev–Trinajstić information content (AvgIpc) is 2.48. The first kappa shape index (κ1) is 12.9. The third-order valence-corrected chi connectivity index (χ3v) is 5.43. The summed E-state index contributed by atoms with van der Waals surface area (Å²) in [6, 6.07) is 14.2. The molecule has 0 bridgehead atoms. The highest BCUT2D eigenvalue weighted by atomic mass is 19.1. The normalized spacial score (nSPS) is 25.3. The lowest BCUT2D eigenvalue weighted by Gasteiger charge is -2.49. The van der Waals surface area contributed by atoms with Crippen LogP contribution in [0.15, 0.2) is 42.5 Å². The second-order valence-corrected chi connectivity index (χ2v) is 6.88. The van der Waals surface area contributed by atoms with Crippen LogP contribution in [0.4, 0.5) is 10.1 Å². The molecule has 108 valence electrons. The van der Waals surface area contributed by atoms with Gasteiger partial charge in [0.25, 0.3) is 0 Å². The molecule has 4 rings (SSSR count). The molecule has 1 aliphatic carbocycles. The number of halogens is 1. The van der Waals surface area contributed by atoms with Crippen LogP contribution in [0.2, 0.25) is 0 Å². The third-order valence-electron chi connectivity index (χ3n) is 5.43. The molecule has 1 heterocycles. The van der Waals surface area contributed by atoms with Crippen LogP contribution >= 0.6 is 0 Å². The summed E-state index contributed by atoms with van der Waals surface area (Å²) in [6.07, 6.45) is 2.27. The molecule has 2 aromatic rings. The standard InChI is InChI=1S/C19H20FN/c1-19(2)15-9-7-12-5-3-4-6-14(12)18(15)21-17-10-8-13(20)11-16(17)19/h3-6,8,10-11,15,18,21H,7,9H2,1-2H3/t15-,18+/m1/s1. The summed E-state index contributed by atoms with van der Waals surface area (Å²) in [5.74, 6) is 0.361. The lowest BCUT2D eigenvalue weighted by atomic mass is 9.61. The van der Waals surface area contributed by atoms with E-state index in [1.54, 1.807) is 12.1 Å². The van der Waals surface area contributed by atoms with Gasteiger partial charge in [-0.05, 0) is 59.1 Å². The molecule has 2 atom stereocenters. The molecule has 0 radical (unpaired) electrons. The molecule has 0 amide bonds. The van der Waals surface area contributed by atoms with E-state index in [4.69, 9.17) is 0 Å². The molecule has 0 unspecified atom stereocenters. The summed E-state index contributed by atoms with van der Waals surface area (Å²) in [5, 5.41) is 3.67. The number of hydrogen-bond donors (Lipinski definition) is 1. The zero-order valence-electron chi connectivity index (χ0n) is 12.5. The highest BCUT2D eigenvalue weighted by Gasteiger charge is 2.45. The van der Waals surface area contributed by atoms with Crippen molar-refractivity contribution in [1.29, 1.82) is 0 Å². The van der Waals surface area contributed by atoms with Gasteiger partial charge in [0.05, 0.1) is 6.04 Å². The fourth-order valence-corrected chi connectivity index (χ4v) is 4.26. The molecule has 0 saturated carbocycles. The van der Waals surface area contributed by atoms with Gasteiger partial charge in [0, 0.05) is 5.69 Å². The second-order valence-electron chi connectivity index (χ2n) is 6.88. The molecular formula is C19H20FN. The quantitative estimate of drug-likeness (QED) is 0.729. The molecule has 2 aromatic carbocycles. The Balaban J connectivity index is 1.88. The lowest BCUT2D eigenvalue weighted by molar-refractivity contribution is 0.239. The summed E-state index contributed by atoms with van der Waals surface area (Å²) in [5.41, 5.74) is 5.05. The van der Waals surface area contributed by atoms with Gasteiger partial charge in [0.2, 0.25) is 0 Å². The van der Waals surface area contributed by atoms with Gasteiger partial charge in [-0.25, -0.2) is 4.39 Å². The van der Waals surface area contributed by atoms with Crippen molar-refractivity contribution >= 4 is 5.69 Å². The number of rotatable bonds is 0. The minimum atomic E-state index is -0.140. The predicted octanol–water partition coefficient (Wildman–Crippen LogP) is 4.83. The zero-order valence-corrected chi connectivity index (χ0v) is 12.5. The maximum absolute atomic E-state index is 13.7. The van der Waals surface area contributed by atoms with E-state index in [2.05, 4.69) is 43.4 Å². The van der Waals surface area contributed by atoms with Crippen molar-refractivity contribution in [2.45, 2.75) is 38.1 Å². The van der Waals surface area contributed by atoms with Gasteiger partial charge in [-0.1, -0.05) is 38.1 Å². The molecule has 0 spiro atoms. The molecule has 0 aromatic heterocycles. The van der Waals surface area contributed by atoms with E-state index in [1.807, 2.05) is 6.07 Å². The summed E-state index contributed by atoms with van der Waals surface area (Å²) in [6.45, 7) is 4.52. The Labute approximate surface area is 125 Å². The molecule has 1 aliphatic heterocycles. The maximum atomic E-state index is 13.7. The van der Waals surface area contributed by atoms with Crippen molar-refractivity contribution in [3.63, 3.8) is 0 Å². The summed E-state index contributed by atoms with van der Waals surface area (Å²) in [7, 11) is 0. The molecule has 2 heteroatoms. The number of aryl methyl sites for hydroxylation is 1. The Morgan fingerprint density at radius 1 is 1.14 bits per heavy atom. The van der Waals surface area contributed by atoms with Crippen LogP contribution in [-0.4, -0.2) is 0 Å². The van der Waals surface area contributed by atoms with Crippen molar-refractivity contribution in [3.05, 3.63) is 65.0 Å². The summed E-state index contributed by atoms with van der Waals surface area (Å²) < 4.78 is 13.7. The Morgan fingerprint density at radius 3 is 2.81 bits per heavy atom. The Bertz CT molecular complexity index is 704. The van der Waals surface area contributed by atoms with Gasteiger partial charge in [-0.3, -0.25) is 0 Å². The number of anilines is 1. The average molecular weight is 281 g/mol. The molecular weight excluding hydrogens is 261 g/mol. The minimum absolute atomic E-state index is 0.0130. The smallest absolute Gasteiger partial charge is 0.123 e. The zero-order chi connectivity index (χ0) is 14.6. The number of hydrogen-bond acceptors (Lipinski definition) is 1. The topological polar surface area (TPSA) is 12.0 Å². The van der Waals surface area contributed by atoms with E-state index in [9.17, 15) is 4.39 Å². The SMILES string of the molecule is CC1(C)c2cc(F)ccc2N[C@H]2c3ccccc3CC[C@H]21. The molecule has 1 nitrogen and oxygen atoms in total. The first-order chi connectivity index (χ1) is 10.1. The van der Waals surface area contributed by atoms with Gasteiger partial charge < -0.3 is 5.32 Å². The van der Waals surface area contributed by atoms with Crippen molar-refractivity contribution in [2.24, 2.45) is 5.92 Å². The van der Waals surface area contributed by atoms with Crippen LogP contribution in [0, 0.1) is 11.7 Å². The fourth-order valence-electron chi connectivity index (χ4n) is 4.26. The Hall–Kier alpha value is -1.83. The van der Waals surface area contributed by atoms with Gasteiger partial charge in [-0.2, -0.15) is 0 Å². The monoisotopic (exact) mass is 281 g/mol. The maximum Gasteiger partial charge on any atom is 0.123 e. The largest absolute Gasteiger partial charge is 0.378 e. The highest BCUT2D eigenvalue weighted by Crippen LogP contribution is 2.52.